The van der Waals surface area contributed by atoms with Crippen LogP contribution < -0.4 is 10.1 Å². The molecule has 0 aliphatic carbocycles. The highest BCUT2D eigenvalue weighted by Crippen LogP contribution is 2.21. The van der Waals surface area contributed by atoms with E-state index in [2.05, 4.69) is 36.5 Å². The highest BCUT2D eigenvalue weighted by Gasteiger charge is 2.03. The van der Waals surface area contributed by atoms with Gasteiger partial charge in [-0.05, 0) is 43.3 Å². The normalized spacial score (nSPS) is 10.3. The molecule has 0 fully saturated rings. The Hall–Kier alpha value is -1.59. The summed E-state index contributed by atoms with van der Waals surface area (Å²) in [5.41, 5.74) is 1.26. The van der Waals surface area contributed by atoms with Crippen molar-refractivity contribution in [2.75, 3.05) is 25.2 Å². The van der Waals surface area contributed by atoms with Gasteiger partial charge in [0.1, 0.15) is 5.75 Å². The van der Waals surface area contributed by atoms with Crippen LogP contribution in [0.3, 0.4) is 0 Å². The minimum absolute atomic E-state index is 0.0651. The zero-order valence-electron chi connectivity index (χ0n) is 13.4. The topological polar surface area (TPSA) is 38.3 Å². The van der Waals surface area contributed by atoms with Gasteiger partial charge in [0, 0.05) is 22.1 Å². The van der Waals surface area contributed by atoms with E-state index < -0.39 is 0 Å². The minimum atomic E-state index is 0.0651. The molecule has 23 heavy (non-hydrogen) atoms. The summed E-state index contributed by atoms with van der Waals surface area (Å²) in [6.07, 6.45) is 0. The van der Waals surface area contributed by atoms with Crippen molar-refractivity contribution in [3.05, 3.63) is 54.1 Å². The Kier molecular flexibility index (Phi) is 7.36. The first-order valence-corrected chi connectivity index (χ1v) is 9.37. The molecule has 0 aromatic heterocycles. The summed E-state index contributed by atoms with van der Waals surface area (Å²) in [5.74, 6) is 2.20. The third-order valence-electron chi connectivity index (χ3n) is 3.14. The number of aryl methyl sites for hydroxylation is 1. The van der Waals surface area contributed by atoms with Crippen molar-refractivity contribution >= 4 is 29.4 Å². The van der Waals surface area contributed by atoms with E-state index in [0.717, 1.165) is 16.4 Å². The maximum atomic E-state index is 11.8. The second-order valence-electron chi connectivity index (χ2n) is 4.98. The van der Waals surface area contributed by atoms with Crippen LogP contribution in [-0.2, 0) is 4.79 Å². The molecule has 0 bridgehead atoms. The lowest BCUT2D eigenvalue weighted by Crippen LogP contribution is -2.27. The van der Waals surface area contributed by atoms with Gasteiger partial charge in [-0.3, -0.25) is 4.79 Å². The molecule has 2 rings (SSSR count). The number of rotatable bonds is 8. The number of amides is 1. The van der Waals surface area contributed by atoms with Gasteiger partial charge in [0.2, 0.25) is 5.91 Å². The van der Waals surface area contributed by atoms with Gasteiger partial charge in [-0.15, -0.1) is 23.5 Å². The van der Waals surface area contributed by atoms with E-state index in [1.807, 2.05) is 24.3 Å². The first-order chi connectivity index (χ1) is 11.2. The molecule has 0 saturated carbocycles. The molecular formula is C18H21NO2S2. The summed E-state index contributed by atoms with van der Waals surface area (Å²) >= 11 is 3.28. The summed E-state index contributed by atoms with van der Waals surface area (Å²) in [6, 6.07) is 16.2. The Morgan fingerprint density at radius 2 is 1.61 bits per heavy atom. The molecular weight excluding hydrogens is 326 g/mol. The van der Waals surface area contributed by atoms with Crippen LogP contribution in [-0.4, -0.2) is 31.1 Å². The first kappa shape index (κ1) is 17.8. The van der Waals surface area contributed by atoms with Crippen LogP contribution in [0.25, 0.3) is 0 Å². The third kappa shape index (κ3) is 6.59. The van der Waals surface area contributed by atoms with E-state index in [0.29, 0.717) is 12.3 Å². The zero-order valence-corrected chi connectivity index (χ0v) is 15.0. The second-order valence-corrected chi connectivity index (χ2v) is 7.19. The monoisotopic (exact) mass is 347 g/mol. The Bertz CT molecular complexity index is 612. The van der Waals surface area contributed by atoms with Gasteiger partial charge in [-0.2, -0.15) is 0 Å². The molecule has 0 heterocycles. The van der Waals surface area contributed by atoms with Crippen LogP contribution in [0.2, 0.25) is 0 Å². The van der Waals surface area contributed by atoms with E-state index in [4.69, 9.17) is 4.74 Å². The quantitative estimate of drug-likeness (QED) is 0.578. The van der Waals surface area contributed by atoms with Crippen LogP contribution >= 0.6 is 23.5 Å². The van der Waals surface area contributed by atoms with E-state index in [1.165, 1.54) is 22.2 Å². The Morgan fingerprint density at radius 3 is 2.26 bits per heavy atom. The van der Waals surface area contributed by atoms with Gasteiger partial charge in [0.25, 0.3) is 0 Å². The van der Waals surface area contributed by atoms with Crippen LogP contribution in [0.15, 0.2) is 58.3 Å². The molecule has 2 aromatic carbocycles. The second kappa shape index (κ2) is 9.53. The lowest BCUT2D eigenvalue weighted by Gasteiger charge is -2.06. The van der Waals surface area contributed by atoms with E-state index in [-0.39, 0.29) is 5.91 Å². The maximum absolute atomic E-state index is 11.8. The predicted octanol–water partition coefficient (Wildman–Crippen LogP) is 4.00. The number of carbonyl (C=O) groups excluding carboxylic acids is 1. The summed E-state index contributed by atoms with van der Waals surface area (Å²) < 4.78 is 5.11. The SMILES string of the molecule is COc1ccc(SCC(=O)NCCSc2ccc(C)cc2)cc1. The van der Waals surface area contributed by atoms with Crippen molar-refractivity contribution in [3.8, 4) is 5.75 Å². The van der Waals surface area contributed by atoms with Gasteiger partial charge in [-0.1, -0.05) is 17.7 Å². The van der Waals surface area contributed by atoms with Crippen molar-refractivity contribution in [3.63, 3.8) is 0 Å². The summed E-state index contributed by atoms with van der Waals surface area (Å²) in [5, 5.41) is 2.95. The average Bonchev–Trinajstić information content (AvgIpc) is 2.59. The highest BCUT2D eigenvalue weighted by molar-refractivity contribution is 8.00. The Balaban J connectivity index is 1.62. The van der Waals surface area contributed by atoms with E-state index in [9.17, 15) is 4.79 Å². The van der Waals surface area contributed by atoms with Crippen molar-refractivity contribution in [1.29, 1.82) is 0 Å². The molecule has 0 saturated heterocycles. The van der Waals surface area contributed by atoms with Gasteiger partial charge in [0.05, 0.1) is 12.9 Å². The average molecular weight is 348 g/mol. The number of hydrogen-bond acceptors (Lipinski definition) is 4. The van der Waals surface area contributed by atoms with Gasteiger partial charge in [0.15, 0.2) is 0 Å². The fourth-order valence-electron chi connectivity index (χ4n) is 1.87. The summed E-state index contributed by atoms with van der Waals surface area (Å²) in [6.45, 7) is 2.76. The molecule has 1 amide bonds. The molecule has 5 heteroatoms. The lowest BCUT2D eigenvalue weighted by molar-refractivity contribution is -0.118. The van der Waals surface area contributed by atoms with Gasteiger partial charge >= 0.3 is 0 Å². The van der Waals surface area contributed by atoms with Crippen molar-refractivity contribution < 1.29 is 9.53 Å². The number of methoxy groups -OCH3 is 1. The molecule has 122 valence electrons. The molecule has 0 atom stereocenters. The number of thioether (sulfide) groups is 2. The fourth-order valence-corrected chi connectivity index (χ4v) is 3.36. The van der Waals surface area contributed by atoms with Gasteiger partial charge in [-0.25, -0.2) is 0 Å². The number of benzene rings is 2. The van der Waals surface area contributed by atoms with Crippen molar-refractivity contribution in [1.82, 2.24) is 5.32 Å². The standard InChI is InChI=1S/C18H21NO2S2/c1-14-3-7-16(8-4-14)22-12-11-19-18(20)13-23-17-9-5-15(21-2)6-10-17/h3-10H,11-13H2,1-2H3,(H,19,20). The minimum Gasteiger partial charge on any atom is -0.497 e. The first-order valence-electron chi connectivity index (χ1n) is 7.40. The van der Waals surface area contributed by atoms with Crippen molar-refractivity contribution in [2.24, 2.45) is 0 Å². The number of ether oxygens (including phenoxy) is 1. The number of nitrogens with one attached hydrogen (secondary N) is 1. The molecule has 0 radical (unpaired) electrons. The number of hydrogen-bond donors (Lipinski definition) is 1. The van der Waals surface area contributed by atoms with E-state index in [1.54, 1.807) is 18.9 Å². The molecule has 3 nitrogen and oxygen atoms in total. The van der Waals surface area contributed by atoms with Crippen molar-refractivity contribution in [2.45, 2.75) is 16.7 Å². The van der Waals surface area contributed by atoms with Crippen LogP contribution in [0.5, 0.6) is 5.75 Å². The lowest BCUT2D eigenvalue weighted by atomic mass is 10.2. The largest absolute Gasteiger partial charge is 0.497 e. The van der Waals surface area contributed by atoms with E-state index >= 15 is 0 Å². The molecule has 1 N–H and O–H groups in total. The Labute approximate surface area is 146 Å². The molecule has 0 unspecified atom stereocenters. The highest BCUT2D eigenvalue weighted by atomic mass is 32.2. The fraction of sp³-hybridized carbons (Fsp3) is 0.278. The van der Waals surface area contributed by atoms with Crippen LogP contribution in [0.4, 0.5) is 0 Å². The third-order valence-corrected chi connectivity index (χ3v) is 5.17. The molecule has 0 aliphatic rings. The molecule has 0 spiro atoms. The maximum Gasteiger partial charge on any atom is 0.230 e. The Morgan fingerprint density at radius 1 is 1.00 bits per heavy atom. The molecule has 2 aromatic rings. The van der Waals surface area contributed by atoms with Crippen LogP contribution in [0, 0.1) is 6.92 Å². The van der Waals surface area contributed by atoms with Crippen LogP contribution in [0.1, 0.15) is 5.56 Å². The smallest absolute Gasteiger partial charge is 0.230 e. The number of carbonyl (C=O) groups is 1. The van der Waals surface area contributed by atoms with Gasteiger partial charge < -0.3 is 10.1 Å². The molecule has 0 aliphatic heterocycles. The predicted molar refractivity (Wildman–Crippen MR) is 98.6 cm³/mol. The zero-order chi connectivity index (χ0) is 16.5. The summed E-state index contributed by atoms with van der Waals surface area (Å²) in [4.78, 5) is 14.1. The summed E-state index contributed by atoms with van der Waals surface area (Å²) in [7, 11) is 1.64.